The second kappa shape index (κ2) is 9.18. The highest BCUT2D eigenvalue weighted by atomic mass is 79.9. The summed E-state index contributed by atoms with van der Waals surface area (Å²) in [6.45, 7) is 3.86. The van der Waals surface area contributed by atoms with Crippen molar-refractivity contribution < 1.29 is 14.3 Å². The number of hydrogen-bond donors (Lipinski definition) is 1. The van der Waals surface area contributed by atoms with Crippen molar-refractivity contribution in [3.05, 3.63) is 34.3 Å². The molecule has 1 heterocycles. The fourth-order valence-electron chi connectivity index (χ4n) is 2.24. The summed E-state index contributed by atoms with van der Waals surface area (Å²) in [7, 11) is 0. The van der Waals surface area contributed by atoms with Crippen LogP contribution in [0.1, 0.15) is 29.6 Å². The summed E-state index contributed by atoms with van der Waals surface area (Å²) in [6.07, 6.45) is 3.03. The van der Waals surface area contributed by atoms with Crippen LogP contribution in [-0.4, -0.2) is 38.9 Å². The molecule has 1 N–H and O–H groups in total. The molecule has 0 unspecified atom stereocenters. The third-order valence-corrected chi connectivity index (χ3v) is 4.08. The van der Waals surface area contributed by atoms with Gasteiger partial charge in [0.15, 0.2) is 0 Å². The van der Waals surface area contributed by atoms with E-state index in [2.05, 4.69) is 21.2 Å². The topological polar surface area (TPSA) is 47.6 Å². The van der Waals surface area contributed by atoms with E-state index in [0.717, 1.165) is 43.6 Å². The summed E-state index contributed by atoms with van der Waals surface area (Å²) in [4.78, 5) is 11.9. The zero-order valence-corrected chi connectivity index (χ0v) is 13.7. The molecule has 21 heavy (non-hydrogen) atoms. The summed E-state index contributed by atoms with van der Waals surface area (Å²) in [5.41, 5.74) is 0.682. The standard InChI is InChI=1S/C16H22BrNO3/c17-15-4-2-14(3-5-15)16(19)18-8-1-9-21-12-13-6-10-20-11-7-13/h2-5,13H,1,6-12H2,(H,18,19). The third-order valence-electron chi connectivity index (χ3n) is 3.55. The largest absolute Gasteiger partial charge is 0.381 e. The molecule has 1 amide bonds. The first-order valence-electron chi connectivity index (χ1n) is 7.45. The Bertz CT molecular complexity index is 430. The fraction of sp³-hybridized carbons (Fsp3) is 0.562. The number of carbonyl (C=O) groups is 1. The van der Waals surface area contributed by atoms with Crippen LogP contribution < -0.4 is 5.32 Å². The zero-order valence-electron chi connectivity index (χ0n) is 12.1. The number of hydrogen-bond acceptors (Lipinski definition) is 3. The molecule has 0 saturated carbocycles. The van der Waals surface area contributed by atoms with Crippen molar-refractivity contribution >= 4 is 21.8 Å². The van der Waals surface area contributed by atoms with Crippen molar-refractivity contribution in [2.45, 2.75) is 19.3 Å². The summed E-state index contributed by atoms with van der Waals surface area (Å²) >= 11 is 3.35. The number of nitrogens with one attached hydrogen (secondary N) is 1. The maximum Gasteiger partial charge on any atom is 0.251 e. The molecule has 1 aromatic carbocycles. The predicted octanol–water partition coefficient (Wildman–Crippen LogP) is 3.01. The Kier molecular flexibility index (Phi) is 7.19. The number of carbonyl (C=O) groups excluding carboxylic acids is 1. The molecule has 2 rings (SSSR count). The van der Waals surface area contributed by atoms with Crippen LogP contribution >= 0.6 is 15.9 Å². The Morgan fingerprint density at radius 1 is 1.29 bits per heavy atom. The van der Waals surface area contributed by atoms with E-state index in [1.165, 1.54) is 0 Å². The lowest BCUT2D eigenvalue weighted by atomic mass is 10.0. The molecule has 1 aromatic rings. The average molecular weight is 356 g/mol. The number of rotatable bonds is 7. The molecule has 0 bridgehead atoms. The van der Waals surface area contributed by atoms with Crippen LogP contribution in [0.5, 0.6) is 0 Å². The normalized spacial score (nSPS) is 15.9. The van der Waals surface area contributed by atoms with E-state index in [1.54, 1.807) is 12.1 Å². The van der Waals surface area contributed by atoms with E-state index in [9.17, 15) is 4.79 Å². The van der Waals surface area contributed by atoms with Crippen molar-refractivity contribution in [2.75, 3.05) is 33.0 Å². The maximum absolute atomic E-state index is 11.9. The van der Waals surface area contributed by atoms with Crippen LogP contribution in [0.15, 0.2) is 28.7 Å². The van der Waals surface area contributed by atoms with E-state index in [0.29, 0.717) is 24.6 Å². The van der Waals surface area contributed by atoms with Crippen LogP contribution in [0.3, 0.4) is 0 Å². The lowest BCUT2D eigenvalue weighted by Crippen LogP contribution is -2.25. The van der Waals surface area contributed by atoms with Gasteiger partial charge in [-0.05, 0) is 49.4 Å². The molecule has 1 saturated heterocycles. The lowest BCUT2D eigenvalue weighted by Gasteiger charge is -2.21. The van der Waals surface area contributed by atoms with Crippen molar-refractivity contribution in [1.29, 1.82) is 0 Å². The van der Waals surface area contributed by atoms with Crippen molar-refractivity contribution in [3.8, 4) is 0 Å². The highest BCUT2D eigenvalue weighted by molar-refractivity contribution is 9.10. The third kappa shape index (κ3) is 6.16. The minimum absolute atomic E-state index is 0.0353. The van der Waals surface area contributed by atoms with Gasteiger partial charge in [-0.15, -0.1) is 0 Å². The minimum atomic E-state index is -0.0353. The quantitative estimate of drug-likeness (QED) is 0.764. The molecule has 0 aromatic heterocycles. The second-order valence-electron chi connectivity index (χ2n) is 5.25. The number of amides is 1. The Balaban J connectivity index is 1.53. The van der Waals surface area contributed by atoms with E-state index in [1.807, 2.05) is 12.1 Å². The summed E-state index contributed by atoms with van der Waals surface area (Å²) in [5, 5.41) is 2.90. The van der Waals surface area contributed by atoms with Crippen LogP contribution in [0.4, 0.5) is 0 Å². The van der Waals surface area contributed by atoms with Gasteiger partial charge in [-0.1, -0.05) is 15.9 Å². The lowest BCUT2D eigenvalue weighted by molar-refractivity contribution is 0.0202. The van der Waals surface area contributed by atoms with Crippen molar-refractivity contribution in [1.82, 2.24) is 5.32 Å². The summed E-state index contributed by atoms with van der Waals surface area (Å²) in [6, 6.07) is 7.35. The van der Waals surface area contributed by atoms with Crippen LogP contribution in [-0.2, 0) is 9.47 Å². The molecule has 0 atom stereocenters. The predicted molar refractivity (Wildman–Crippen MR) is 85.5 cm³/mol. The van der Waals surface area contributed by atoms with E-state index < -0.39 is 0 Å². The minimum Gasteiger partial charge on any atom is -0.381 e. The van der Waals surface area contributed by atoms with Gasteiger partial charge in [-0.2, -0.15) is 0 Å². The Hall–Kier alpha value is -0.910. The SMILES string of the molecule is O=C(NCCCOCC1CCOCC1)c1ccc(Br)cc1. The molecule has 1 aliphatic heterocycles. The Morgan fingerprint density at radius 3 is 2.71 bits per heavy atom. The van der Waals surface area contributed by atoms with Gasteiger partial charge in [-0.25, -0.2) is 0 Å². The first-order chi connectivity index (χ1) is 10.3. The van der Waals surface area contributed by atoms with E-state index in [4.69, 9.17) is 9.47 Å². The van der Waals surface area contributed by atoms with Crippen LogP contribution in [0.25, 0.3) is 0 Å². The smallest absolute Gasteiger partial charge is 0.251 e. The van der Waals surface area contributed by atoms with Gasteiger partial charge in [-0.3, -0.25) is 4.79 Å². The molecular formula is C16H22BrNO3. The van der Waals surface area contributed by atoms with Gasteiger partial charge in [0, 0.05) is 43.0 Å². The van der Waals surface area contributed by atoms with Crippen molar-refractivity contribution in [3.63, 3.8) is 0 Å². The molecule has 0 radical (unpaired) electrons. The number of benzene rings is 1. The highest BCUT2D eigenvalue weighted by Crippen LogP contribution is 2.14. The molecule has 0 spiro atoms. The Labute approximate surface area is 134 Å². The monoisotopic (exact) mass is 355 g/mol. The van der Waals surface area contributed by atoms with Crippen molar-refractivity contribution in [2.24, 2.45) is 5.92 Å². The molecule has 1 aliphatic rings. The molecular weight excluding hydrogens is 334 g/mol. The highest BCUT2D eigenvalue weighted by Gasteiger charge is 2.13. The van der Waals surface area contributed by atoms with Gasteiger partial charge >= 0.3 is 0 Å². The molecule has 1 fully saturated rings. The summed E-state index contributed by atoms with van der Waals surface area (Å²) < 4.78 is 12.0. The van der Waals surface area contributed by atoms with E-state index >= 15 is 0 Å². The fourth-order valence-corrected chi connectivity index (χ4v) is 2.51. The van der Waals surface area contributed by atoms with Gasteiger partial charge in [0.25, 0.3) is 5.91 Å². The Morgan fingerprint density at radius 2 is 2.00 bits per heavy atom. The first kappa shape index (κ1) is 16.5. The van der Waals surface area contributed by atoms with Gasteiger partial charge in [0.2, 0.25) is 0 Å². The van der Waals surface area contributed by atoms with Gasteiger partial charge in [0.1, 0.15) is 0 Å². The molecule has 5 heteroatoms. The number of halogens is 1. The number of ether oxygens (including phenoxy) is 2. The molecule has 116 valence electrons. The second-order valence-corrected chi connectivity index (χ2v) is 6.16. The van der Waals surface area contributed by atoms with E-state index in [-0.39, 0.29) is 5.91 Å². The molecule has 0 aliphatic carbocycles. The first-order valence-corrected chi connectivity index (χ1v) is 8.24. The van der Waals surface area contributed by atoms with Crippen LogP contribution in [0, 0.1) is 5.92 Å². The zero-order chi connectivity index (χ0) is 14.9. The van der Waals surface area contributed by atoms with Gasteiger partial charge < -0.3 is 14.8 Å². The maximum atomic E-state index is 11.9. The summed E-state index contributed by atoms with van der Waals surface area (Å²) in [5.74, 6) is 0.600. The molecule has 4 nitrogen and oxygen atoms in total. The average Bonchev–Trinajstić information content (AvgIpc) is 2.52. The van der Waals surface area contributed by atoms with Gasteiger partial charge in [0.05, 0.1) is 0 Å². The van der Waals surface area contributed by atoms with Crippen LogP contribution in [0.2, 0.25) is 0 Å².